The van der Waals surface area contributed by atoms with E-state index >= 15 is 0 Å². The van der Waals surface area contributed by atoms with E-state index in [9.17, 15) is 9.90 Å². The van der Waals surface area contributed by atoms with Gasteiger partial charge in [0.2, 0.25) is 11.6 Å². The zero-order valence-electron chi connectivity index (χ0n) is 23.9. The third-order valence-electron chi connectivity index (χ3n) is 7.60. The Kier molecular flexibility index (Phi) is 8.66. The van der Waals surface area contributed by atoms with Gasteiger partial charge >= 0.3 is 0 Å². The molecule has 9 heteroatoms. The summed E-state index contributed by atoms with van der Waals surface area (Å²) >= 11 is 0. The van der Waals surface area contributed by atoms with Crippen LogP contribution in [0.5, 0.6) is 0 Å². The van der Waals surface area contributed by atoms with Crippen LogP contribution in [0, 0.1) is 0 Å². The first-order valence-electron chi connectivity index (χ1n) is 14.1. The molecule has 0 saturated heterocycles. The number of anilines is 3. The summed E-state index contributed by atoms with van der Waals surface area (Å²) < 4.78 is 6.41. The van der Waals surface area contributed by atoms with E-state index in [1.807, 2.05) is 69.7 Å². The second-order valence-electron chi connectivity index (χ2n) is 10.8. The van der Waals surface area contributed by atoms with Gasteiger partial charge in [0.25, 0.3) is 0 Å². The first-order chi connectivity index (χ1) is 19.9. The lowest BCUT2D eigenvalue weighted by Gasteiger charge is -2.29. The van der Waals surface area contributed by atoms with E-state index in [0.717, 1.165) is 66.5 Å². The van der Waals surface area contributed by atoms with Crippen LogP contribution >= 0.6 is 0 Å². The SMILES string of the molecule is C=CC(=O)Nc1cc(-c2c(-c3ccccc3)oc3ncnc(N[C@@H]4CCCC[C@@H]4O)c23)ccc1N(C)CCN(C)C. The standard InChI is InChI=1S/C32H38N6O3/c1-5-27(40)35-24-19-22(15-16-25(24)38(4)18-17-37(2)3)28-29-31(36-23-13-9-10-14-26(23)39)33-20-34-32(29)41-30(28)21-11-7-6-8-12-21/h5-8,11-12,15-16,19-20,23,26,39H,1,9-10,13-14,17-18H2,2-4H3,(H,35,40)(H,33,34,36)/t23-,26+/m1/s1. The Morgan fingerprint density at radius 3 is 2.59 bits per heavy atom. The van der Waals surface area contributed by atoms with Gasteiger partial charge in [0.15, 0.2) is 0 Å². The second-order valence-corrected chi connectivity index (χ2v) is 10.8. The quantitative estimate of drug-likeness (QED) is 0.224. The Labute approximate surface area is 240 Å². The van der Waals surface area contributed by atoms with E-state index in [1.165, 1.54) is 12.4 Å². The van der Waals surface area contributed by atoms with Gasteiger partial charge in [-0.15, -0.1) is 0 Å². The number of nitrogens with one attached hydrogen (secondary N) is 2. The van der Waals surface area contributed by atoms with E-state index in [1.54, 1.807) is 0 Å². The number of nitrogens with zero attached hydrogens (tertiary/aromatic N) is 4. The number of aliphatic hydroxyl groups excluding tert-OH is 1. The summed E-state index contributed by atoms with van der Waals surface area (Å²) in [5.41, 5.74) is 4.55. The topological polar surface area (TPSA) is 107 Å². The Hall–Kier alpha value is -4.21. The fraction of sp³-hybridized carbons (Fsp3) is 0.344. The third kappa shape index (κ3) is 6.26. The van der Waals surface area contributed by atoms with Gasteiger partial charge < -0.3 is 30.0 Å². The molecular weight excluding hydrogens is 516 g/mol. The number of rotatable bonds is 10. The van der Waals surface area contributed by atoms with Crippen molar-refractivity contribution in [2.75, 3.05) is 49.8 Å². The van der Waals surface area contributed by atoms with Gasteiger partial charge in [-0.1, -0.05) is 55.8 Å². The highest BCUT2D eigenvalue weighted by atomic mass is 16.3. The van der Waals surface area contributed by atoms with E-state index < -0.39 is 6.10 Å². The van der Waals surface area contributed by atoms with Crippen molar-refractivity contribution >= 4 is 34.2 Å². The smallest absolute Gasteiger partial charge is 0.247 e. The third-order valence-corrected chi connectivity index (χ3v) is 7.60. The lowest BCUT2D eigenvalue weighted by atomic mass is 9.92. The minimum atomic E-state index is -0.449. The molecule has 5 rings (SSSR count). The maximum atomic E-state index is 12.5. The number of fused-ring (bicyclic) bond motifs is 1. The number of likely N-dealkylation sites (N-methyl/N-ethyl adjacent to an activating group) is 2. The molecule has 0 radical (unpaired) electrons. The van der Waals surface area contributed by atoms with Crippen molar-refractivity contribution in [3.8, 4) is 22.5 Å². The molecule has 0 spiro atoms. The van der Waals surface area contributed by atoms with Gasteiger partial charge in [-0.3, -0.25) is 4.79 Å². The summed E-state index contributed by atoms with van der Waals surface area (Å²) in [5.74, 6) is 0.982. The van der Waals surface area contributed by atoms with Crippen molar-refractivity contribution in [2.45, 2.75) is 37.8 Å². The van der Waals surface area contributed by atoms with Gasteiger partial charge in [-0.2, -0.15) is 0 Å². The first kappa shape index (κ1) is 28.3. The molecule has 2 aromatic carbocycles. The average Bonchev–Trinajstić information content (AvgIpc) is 3.38. The van der Waals surface area contributed by atoms with Gasteiger partial charge in [0.05, 0.1) is 28.9 Å². The number of amides is 1. The molecule has 3 N–H and O–H groups in total. The van der Waals surface area contributed by atoms with Crippen molar-refractivity contribution in [3.63, 3.8) is 0 Å². The summed E-state index contributed by atoms with van der Waals surface area (Å²) in [7, 11) is 6.08. The van der Waals surface area contributed by atoms with Gasteiger partial charge in [0.1, 0.15) is 17.9 Å². The Morgan fingerprint density at radius 1 is 1.07 bits per heavy atom. The minimum Gasteiger partial charge on any atom is -0.437 e. The molecule has 1 aliphatic carbocycles. The van der Waals surface area contributed by atoms with E-state index in [2.05, 4.69) is 37.0 Å². The summed E-state index contributed by atoms with van der Waals surface area (Å²) in [4.78, 5) is 25.8. The molecule has 1 saturated carbocycles. The van der Waals surface area contributed by atoms with E-state index in [4.69, 9.17) is 4.42 Å². The zero-order valence-corrected chi connectivity index (χ0v) is 23.9. The number of carbonyl (C=O) groups excluding carboxylic acids is 1. The number of carbonyl (C=O) groups is 1. The Bertz CT molecular complexity index is 1520. The van der Waals surface area contributed by atoms with E-state index in [0.29, 0.717) is 23.0 Å². The average molecular weight is 555 g/mol. The molecule has 41 heavy (non-hydrogen) atoms. The maximum absolute atomic E-state index is 12.5. The molecule has 0 unspecified atom stereocenters. The molecule has 0 bridgehead atoms. The molecule has 1 fully saturated rings. The number of furan rings is 1. The number of benzene rings is 2. The summed E-state index contributed by atoms with van der Waals surface area (Å²) in [5, 5.41) is 17.9. The lowest BCUT2D eigenvalue weighted by Crippen LogP contribution is -2.36. The van der Waals surface area contributed by atoms with Crippen molar-refractivity contribution in [1.82, 2.24) is 14.9 Å². The van der Waals surface area contributed by atoms with Crippen molar-refractivity contribution in [3.05, 3.63) is 67.5 Å². The van der Waals surface area contributed by atoms with Crippen LogP contribution in [0.2, 0.25) is 0 Å². The van der Waals surface area contributed by atoms with E-state index in [-0.39, 0.29) is 11.9 Å². The molecule has 2 aromatic heterocycles. The fourth-order valence-corrected chi connectivity index (χ4v) is 5.35. The van der Waals surface area contributed by atoms with Crippen LogP contribution in [0.25, 0.3) is 33.6 Å². The molecule has 9 nitrogen and oxygen atoms in total. The first-order valence-corrected chi connectivity index (χ1v) is 14.1. The molecule has 2 atom stereocenters. The van der Waals surface area contributed by atoms with Crippen molar-refractivity contribution < 1.29 is 14.3 Å². The number of aromatic nitrogens is 2. The summed E-state index contributed by atoms with van der Waals surface area (Å²) in [6.45, 7) is 5.27. The predicted molar refractivity (Wildman–Crippen MR) is 165 cm³/mol. The maximum Gasteiger partial charge on any atom is 0.247 e. The summed E-state index contributed by atoms with van der Waals surface area (Å²) in [6, 6.07) is 15.8. The van der Waals surface area contributed by atoms with Crippen LogP contribution < -0.4 is 15.5 Å². The normalized spacial score (nSPS) is 17.0. The fourth-order valence-electron chi connectivity index (χ4n) is 5.35. The van der Waals surface area contributed by atoms with Crippen molar-refractivity contribution in [1.29, 1.82) is 0 Å². The summed E-state index contributed by atoms with van der Waals surface area (Å²) in [6.07, 6.45) is 5.99. The number of hydrogen-bond acceptors (Lipinski definition) is 8. The van der Waals surface area contributed by atoms with Crippen LogP contribution in [0.1, 0.15) is 25.7 Å². The minimum absolute atomic E-state index is 0.111. The largest absolute Gasteiger partial charge is 0.437 e. The van der Waals surface area contributed by atoms with Gasteiger partial charge in [-0.05, 0) is 50.7 Å². The van der Waals surface area contributed by atoms with Crippen molar-refractivity contribution in [2.24, 2.45) is 0 Å². The van der Waals surface area contributed by atoms with Crippen LogP contribution in [0.4, 0.5) is 17.2 Å². The molecular formula is C32H38N6O3. The Balaban J connectivity index is 1.68. The highest BCUT2D eigenvalue weighted by molar-refractivity contribution is 6.08. The molecule has 1 amide bonds. The van der Waals surface area contributed by atoms with Crippen LogP contribution in [0.15, 0.2) is 71.9 Å². The highest BCUT2D eigenvalue weighted by Gasteiger charge is 2.27. The molecule has 4 aromatic rings. The van der Waals surface area contributed by atoms with Crippen LogP contribution in [-0.4, -0.2) is 72.3 Å². The number of hydrogen-bond donors (Lipinski definition) is 3. The monoisotopic (exact) mass is 554 g/mol. The van der Waals surface area contributed by atoms with Gasteiger partial charge in [0, 0.05) is 31.3 Å². The van der Waals surface area contributed by atoms with Gasteiger partial charge in [-0.25, -0.2) is 9.97 Å². The zero-order chi connectivity index (χ0) is 28.9. The lowest BCUT2D eigenvalue weighted by molar-refractivity contribution is -0.111. The Morgan fingerprint density at radius 2 is 1.85 bits per heavy atom. The van der Waals surface area contributed by atoms with Crippen LogP contribution in [0.3, 0.4) is 0 Å². The molecule has 2 heterocycles. The predicted octanol–water partition coefficient (Wildman–Crippen LogP) is 5.39. The molecule has 214 valence electrons. The second kappa shape index (κ2) is 12.5. The highest BCUT2D eigenvalue weighted by Crippen LogP contribution is 2.44. The van der Waals surface area contributed by atoms with Crippen LogP contribution in [-0.2, 0) is 4.79 Å². The molecule has 1 aliphatic rings. The molecule has 0 aliphatic heterocycles. The number of aliphatic hydroxyl groups is 1.